The fraction of sp³-hybridized carbons (Fsp3) is 0.600. The van der Waals surface area contributed by atoms with Gasteiger partial charge in [0.2, 0.25) is 0 Å². The van der Waals surface area contributed by atoms with Crippen molar-refractivity contribution in [3.63, 3.8) is 0 Å². The summed E-state index contributed by atoms with van der Waals surface area (Å²) in [6.45, 7) is 0. The molecule has 0 aliphatic carbocycles. The molecule has 0 fully saturated rings. The normalized spacial score (nSPS) is 10.5. The molecular formula is C5H8ClN3OS. The smallest absolute Gasteiger partial charge is 0.273 e. The van der Waals surface area contributed by atoms with Gasteiger partial charge < -0.3 is 0 Å². The molecule has 0 saturated heterocycles. The first-order valence-electron chi connectivity index (χ1n) is 2.95. The number of hydrogen-bond donors (Lipinski definition) is 0. The quantitative estimate of drug-likeness (QED) is 0.505. The summed E-state index contributed by atoms with van der Waals surface area (Å²) in [5.74, 6) is 0. The second kappa shape index (κ2) is 3.32. The SMILES string of the molecule is Cn1nc(SCCl)n(C)c1=O. The fourth-order valence-electron chi connectivity index (χ4n) is 0.712. The summed E-state index contributed by atoms with van der Waals surface area (Å²) < 4.78 is 2.75. The highest BCUT2D eigenvalue weighted by Crippen LogP contribution is 2.12. The zero-order valence-corrected chi connectivity index (χ0v) is 7.82. The van der Waals surface area contributed by atoms with Crippen LogP contribution in [-0.4, -0.2) is 19.6 Å². The average molecular weight is 194 g/mol. The molecule has 0 aliphatic rings. The van der Waals surface area contributed by atoms with Crippen molar-refractivity contribution in [3.05, 3.63) is 10.5 Å². The van der Waals surface area contributed by atoms with Crippen LogP contribution in [0.3, 0.4) is 0 Å². The Kier molecular flexibility index (Phi) is 2.62. The Balaban J connectivity index is 3.08. The third-order valence-corrected chi connectivity index (χ3v) is 2.32. The van der Waals surface area contributed by atoms with E-state index in [1.165, 1.54) is 21.0 Å². The Morgan fingerprint density at radius 1 is 1.64 bits per heavy atom. The summed E-state index contributed by atoms with van der Waals surface area (Å²) in [7, 11) is 3.28. The van der Waals surface area contributed by atoms with Gasteiger partial charge in [-0.1, -0.05) is 11.8 Å². The van der Waals surface area contributed by atoms with Crippen molar-refractivity contribution in [1.29, 1.82) is 0 Å². The van der Waals surface area contributed by atoms with E-state index in [1.807, 2.05) is 0 Å². The van der Waals surface area contributed by atoms with E-state index in [9.17, 15) is 4.79 Å². The van der Waals surface area contributed by atoms with Gasteiger partial charge in [-0.3, -0.25) is 4.57 Å². The van der Waals surface area contributed by atoms with Crippen LogP contribution in [-0.2, 0) is 14.1 Å². The number of aromatic nitrogens is 3. The molecule has 1 aromatic heterocycles. The summed E-state index contributed by atoms with van der Waals surface area (Å²) in [5.41, 5.74) is -0.127. The van der Waals surface area contributed by atoms with Crippen LogP contribution in [0.1, 0.15) is 0 Å². The molecular weight excluding hydrogens is 186 g/mol. The molecule has 62 valence electrons. The number of thioether (sulfide) groups is 1. The third kappa shape index (κ3) is 1.59. The molecule has 1 heterocycles. The predicted molar refractivity (Wildman–Crippen MR) is 45.0 cm³/mol. The van der Waals surface area contributed by atoms with Crippen LogP contribution in [0.4, 0.5) is 0 Å². The minimum Gasteiger partial charge on any atom is -0.273 e. The summed E-state index contributed by atoms with van der Waals surface area (Å²) in [4.78, 5) is 11.1. The van der Waals surface area contributed by atoms with Gasteiger partial charge in [0.1, 0.15) is 0 Å². The molecule has 11 heavy (non-hydrogen) atoms. The van der Waals surface area contributed by atoms with Crippen molar-refractivity contribution < 1.29 is 0 Å². The van der Waals surface area contributed by atoms with Gasteiger partial charge in [-0.2, -0.15) is 0 Å². The lowest BCUT2D eigenvalue weighted by atomic mass is 11.0. The summed E-state index contributed by atoms with van der Waals surface area (Å²) >= 11 is 6.80. The molecule has 4 nitrogen and oxygen atoms in total. The number of rotatable bonds is 2. The maximum atomic E-state index is 11.1. The molecule has 0 atom stereocenters. The molecule has 0 aromatic carbocycles. The van der Waals surface area contributed by atoms with Crippen LogP contribution in [0.2, 0.25) is 0 Å². The first kappa shape index (κ1) is 8.67. The standard InChI is InChI=1S/C5H8ClN3OS/c1-8-4(11-3-6)7-9(2)5(8)10/h3H2,1-2H3. The Labute approximate surface area is 73.2 Å². The topological polar surface area (TPSA) is 39.8 Å². The monoisotopic (exact) mass is 193 g/mol. The lowest BCUT2D eigenvalue weighted by molar-refractivity contribution is 0.711. The van der Waals surface area contributed by atoms with Crippen LogP contribution in [0.5, 0.6) is 0 Å². The van der Waals surface area contributed by atoms with Crippen molar-refractivity contribution >= 4 is 23.4 Å². The van der Waals surface area contributed by atoms with E-state index in [0.29, 0.717) is 10.4 Å². The molecule has 0 saturated carbocycles. The number of hydrogen-bond acceptors (Lipinski definition) is 3. The summed E-state index contributed by atoms with van der Waals surface area (Å²) in [6, 6.07) is 0. The zero-order valence-electron chi connectivity index (χ0n) is 6.24. The van der Waals surface area contributed by atoms with E-state index in [2.05, 4.69) is 5.10 Å². The van der Waals surface area contributed by atoms with E-state index in [0.717, 1.165) is 0 Å². The largest absolute Gasteiger partial charge is 0.346 e. The number of nitrogens with zero attached hydrogens (tertiary/aromatic N) is 3. The molecule has 0 N–H and O–H groups in total. The van der Waals surface area contributed by atoms with E-state index in [4.69, 9.17) is 11.6 Å². The van der Waals surface area contributed by atoms with Gasteiger partial charge >= 0.3 is 5.69 Å². The van der Waals surface area contributed by atoms with Gasteiger partial charge in [-0.05, 0) is 0 Å². The molecule has 0 bridgehead atoms. The van der Waals surface area contributed by atoms with E-state index in [1.54, 1.807) is 14.1 Å². The van der Waals surface area contributed by atoms with Gasteiger partial charge in [-0.15, -0.1) is 16.7 Å². The van der Waals surface area contributed by atoms with Crippen LogP contribution in [0.15, 0.2) is 9.95 Å². The second-order valence-electron chi connectivity index (χ2n) is 2.00. The highest BCUT2D eigenvalue weighted by molar-refractivity contribution is 8.00. The lowest BCUT2D eigenvalue weighted by Crippen LogP contribution is -2.20. The van der Waals surface area contributed by atoms with Gasteiger partial charge in [0.05, 0.1) is 5.21 Å². The van der Waals surface area contributed by atoms with E-state index in [-0.39, 0.29) is 5.69 Å². The maximum Gasteiger partial charge on any atom is 0.346 e. The van der Waals surface area contributed by atoms with Crippen molar-refractivity contribution in [3.8, 4) is 0 Å². The Hall–Kier alpha value is -0.420. The number of halogens is 1. The predicted octanol–water partition coefficient (Wildman–Crippen LogP) is 0.407. The van der Waals surface area contributed by atoms with Gasteiger partial charge in [0.15, 0.2) is 5.16 Å². The average Bonchev–Trinajstić information content (AvgIpc) is 2.19. The highest BCUT2D eigenvalue weighted by Gasteiger charge is 2.05. The van der Waals surface area contributed by atoms with Crippen molar-refractivity contribution in [2.45, 2.75) is 5.16 Å². The number of alkyl halides is 1. The molecule has 0 unspecified atom stereocenters. The molecule has 0 spiro atoms. The fourth-order valence-corrected chi connectivity index (χ4v) is 1.55. The van der Waals surface area contributed by atoms with Crippen molar-refractivity contribution in [1.82, 2.24) is 14.3 Å². The summed E-state index contributed by atoms with van der Waals surface area (Å²) in [5, 5.41) is 5.00. The highest BCUT2D eigenvalue weighted by atomic mass is 35.5. The van der Waals surface area contributed by atoms with Crippen molar-refractivity contribution in [2.24, 2.45) is 14.1 Å². The molecule has 1 aromatic rings. The molecule has 0 amide bonds. The molecule has 0 radical (unpaired) electrons. The minimum absolute atomic E-state index is 0.127. The van der Waals surface area contributed by atoms with E-state index < -0.39 is 0 Å². The Bertz CT molecular complexity index is 305. The number of aryl methyl sites for hydroxylation is 1. The zero-order chi connectivity index (χ0) is 8.43. The van der Waals surface area contributed by atoms with Gasteiger partial charge in [0, 0.05) is 14.1 Å². The molecule has 0 aliphatic heterocycles. The van der Waals surface area contributed by atoms with Crippen LogP contribution >= 0.6 is 23.4 Å². The second-order valence-corrected chi connectivity index (χ2v) is 3.53. The summed E-state index contributed by atoms with van der Waals surface area (Å²) in [6.07, 6.45) is 0. The van der Waals surface area contributed by atoms with Crippen LogP contribution < -0.4 is 5.69 Å². The van der Waals surface area contributed by atoms with E-state index >= 15 is 0 Å². The Morgan fingerprint density at radius 2 is 2.27 bits per heavy atom. The van der Waals surface area contributed by atoms with Gasteiger partial charge in [0.25, 0.3) is 0 Å². The molecule has 6 heteroatoms. The maximum absolute atomic E-state index is 11.1. The minimum atomic E-state index is -0.127. The van der Waals surface area contributed by atoms with Gasteiger partial charge in [-0.25, -0.2) is 9.48 Å². The first-order valence-corrected chi connectivity index (χ1v) is 4.47. The lowest BCUT2D eigenvalue weighted by Gasteiger charge is -1.91. The third-order valence-electron chi connectivity index (χ3n) is 1.27. The first-order chi connectivity index (χ1) is 5.16. The van der Waals surface area contributed by atoms with Crippen LogP contribution in [0.25, 0.3) is 0 Å². The van der Waals surface area contributed by atoms with Crippen LogP contribution in [0, 0.1) is 0 Å². The van der Waals surface area contributed by atoms with Crippen molar-refractivity contribution in [2.75, 3.05) is 5.21 Å². The Morgan fingerprint density at radius 3 is 2.64 bits per heavy atom. The molecule has 1 rings (SSSR count).